The Bertz CT molecular complexity index is 501. The van der Waals surface area contributed by atoms with E-state index in [1.807, 2.05) is 6.92 Å². The number of rotatable bonds is 7. The maximum atomic E-state index is 12.6. The SMILES string of the molecule is CCCN(CC(=O)OC)C(=O)c1cc(OC)ccc1OC. The van der Waals surface area contributed by atoms with Crippen molar-refractivity contribution in [3.05, 3.63) is 23.8 Å². The molecule has 0 aliphatic carbocycles. The van der Waals surface area contributed by atoms with Gasteiger partial charge in [-0.3, -0.25) is 9.59 Å². The molecule has 0 aliphatic rings. The summed E-state index contributed by atoms with van der Waals surface area (Å²) in [7, 11) is 4.31. The van der Waals surface area contributed by atoms with Crippen molar-refractivity contribution >= 4 is 11.9 Å². The van der Waals surface area contributed by atoms with Gasteiger partial charge in [-0.2, -0.15) is 0 Å². The summed E-state index contributed by atoms with van der Waals surface area (Å²) in [5, 5.41) is 0. The van der Waals surface area contributed by atoms with Crippen molar-refractivity contribution in [3.8, 4) is 11.5 Å². The lowest BCUT2D eigenvalue weighted by Gasteiger charge is -2.22. The van der Waals surface area contributed by atoms with Crippen LogP contribution >= 0.6 is 0 Å². The minimum atomic E-state index is -0.460. The lowest BCUT2D eigenvalue weighted by Crippen LogP contribution is -2.37. The lowest BCUT2D eigenvalue weighted by molar-refractivity contribution is -0.141. The number of hydrogen-bond acceptors (Lipinski definition) is 5. The molecule has 0 unspecified atom stereocenters. The average molecular weight is 295 g/mol. The molecule has 0 heterocycles. The van der Waals surface area contributed by atoms with Crippen LogP contribution in [0.4, 0.5) is 0 Å². The van der Waals surface area contributed by atoms with Gasteiger partial charge in [0.1, 0.15) is 18.0 Å². The highest BCUT2D eigenvalue weighted by Gasteiger charge is 2.22. The molecular weight excluding hydrogens is 274 g/mol. The summed E-state index contributed by atoms with van der Waals surface area (Å²) in [4.78, 5) is 25.5. The first-order valence-corrected chi connectivity index (χ1v) is 6.65. The molecule has 116 valence electrons. The second-order valence-corrected chi connectivity index (χ2v) is 4.37. The first-order valence-electron chi connectivity index (χ1n) is 6.65. The maximum Gasteiger partial charge on any atom is 0.325 e. The molecule has 0 fully saturated rings. The molecule has 1 aromatic rings. The molecule has 1 amide bonds. The maximum absolute atomic E-state index is 12.6. The van der Waals surface area contributed by atoms with Crippen LogP contribution in [0.1, 0.15) is 23.7 Å². The number of ether oxygens (including phenoxy) is 3. The first kappa shape index (κ1) is 16.8. The Balaban J connectivity index is 3.09. The predicted molar refractivity (Wildman–Crippen MR) is 77.8 cm³/mol. The van der Waals surface area contributed by atoms with Gasteiger partial charge in [0.25, 0.3) is 5.91 Å². The summed E-state index contributed by atoms with van der Waals surface area (Å²) < 4.78 is 15.0. The van der Waals surface area contributed by atoms with Crippen molar-refractivity contribution in [2.45, 2.75) is 13.3 Å². The van der Waals surface area contributed by atoms with Gasteiger partial charge in [-0.25, -0.2) is 0 Å². The Morgan fingerprint density at radius 1 is 1.14 bits per heavy atom. The second kappa shape index (κ2) is 8.14. The molecular formula is C15H21NO5. The number of carbonyl (C=O) groups excluding carboxylic acids is 2. The van der Waals surface area contributed by atoms with E-state index in [2.05, 4.69) is 4.74 Å². The quantitative estimate of drug-likeness (QED) is 0.717. The molecule has 0 atom stereocenters. The van der Waals surface area contributed by atoms with Gasteiger partial charge in [-0.05, 0) is 24.6 Å². The van der Waals surface area contributed by atoms with Crippen molar-refractivity contribution in [2.24, 2.45) is 0 Å². The van der Waals surface area contributed by atoms with Crippen LogP contribution in [0.5, 0.6) is 11.5 Å². The molecule has 0 aromatic heterocycles. The molecule has 1 rings (SSSR count). The number of hydrogen-bond donors (Lipinski definition) is 0. The van der Waals surface area contributed by atoms with Crippen LogP contribution in [0, 0.1) is 0 Å². The van der Waals surface area contributed by atoms with Crippen molar-refractivity contribution in [1.29, 1.82) is 0 Å². The molecule has 0 saturated heterocycles. The summed E-state index contributed by atoms with van der Waals surface area (Å²) in [6.07, 6.45) is 0.731. The van der Waals surface area contributed by atoms with Crippen LogP contribution in [0.2, 0.25) is 0 Å². The van der Waals surface area contributed by atoms with Crippen molar-refractivity contribution < 1.29 is 23.8 Å². The Morgan fingerprint density at radius 3 is 2.38 bits per heavy atom. The summed E-state index contributed by atoms with van der Waals surface area (Å²) in [5.41, 5.74) is 0.356. The van der Waals surface area contributed by atoms with Gasteiger partial charge in [0.15, 0.2) is 0 Å². The fraction of sp³-hybridized carbons (Fsp3) is 0.467. The normalized spacial score (nSPS) is 9.90. The molecule has 6 heteroatoms. The van der Waals surface area contributed by atoms with Crippen molar-refractivity contribution in [2.75, 3.05) is 34.4 Å². The van der Waals surface area contributed by atoms with Crippen LogP contribution in [0.15, 0.2) is 18.2 Å². The number of carbonyl (C=O) groups is 2. The highest BCUT2D eigenvalue weighted by Crippen LogP contribution is 2.25. The number of benzene rings is 1. The monoisotopic (exact) mass is 295 g/mol. The lowest BCUT2D eigenvalue weighted by atomic mass is 10.1. The van der Waals surface area contributed by atoms with Gasteiger partial charge in [0.05, 0.1) is 26.9 Å². The molecule has 1 aromatic carbocycles. The van der Waals surface area contributed by atoms with E-state index in [1.165, 1.54) is 26.2 Å². The van der Waals surface area contributed by atoms with Gasteiger partial charge in [-0.15, -0.1) is 0 Å². The average Bonchev–Trinajstić information content (AvgIpc) is 2.52. The highest BCUT2D eigenvalue weighted by molar-refractivity contribution is 5.98. The van der Waals surface area contributed by atoms with Crippen LogP contribution in [-0.4, -0.2) is 51.2 Å². The summed E-state index contributed by atoms with van der Waals surface area (Å²) >= 11 is 0. The largest absolute Gasteiger partial charge is 0.497 e. The smallest absolute Gasteiger partial charge is 0.325 e. The predicted octanol–water partition coefficient (Wildman–Crippen LogP) is 1.73. The van der Waals surface area contributed by atoms with Gasteiger partial charge in [-0.1, -0.05) is 6.92 Å². The minimum Gasteiger partial charge on any atom is -0.497 e. The molecule has 0 radical (unpaired) electrons. The summed E-state index contributed by atoms with van der Waals surface area (Å²) in [6, 6.07) is 4.97. The zero-order chi connectivity index (χ0) is 15.8. The third-order valence-corrected chi connectivity index (χ3v) is 2.97. The number of amides is 1. The van der Waals surface area contributed by atoms with Crippen LogP contribution < -0.4 is 9.47 Å². The Hall–Kier alpha value is -2.24. The highest BCUT2D eigenvalue weighted by atomic mass is 16.5. The van der Waals surface area contributed by atoms with E-state index in [4.69, 9.17) is 9.47 Å². The van der Waals surface area contributed by atoms with E-state index in [9.17, 15) is 9.59 Å². The van der Waals surface area contributed by atoms with E-state index in [0.717, 1.165) is 6.42 Å². The van der Waals surface area contributed by atoms with E-state index in [-0.39, 0.29) is 12.5 Å². The Morgan fingerprint density at radius 2 is 1.86 bits per heavy atom. The zero-order valence-electron chi connectivity index (χ0n) is 12.8. The van der Waals surface area contributed by atoms with E-state index in [0.29, 0.717) is 23.6 Å². The van der Waals surface area contributed by atoms with Crippen molar-refractivity contribution in [3.63, 3.8) is 0 Å². The number of esters is 1. The van der Waals surface area contributed by atoms with Crippen LogP contribution in [0.25, 0.3) is 0 Å². The Kier molecular flexibility index (Phi) is 6.52. The van der Waals surface area contributed by atoms with Gasteiger partial charge >= 0.3 is 5.97 Å². The minimum absolute atomic E-state index is 0.0937. The van der Waals surface area contributed by atoms with Gasteiger partial charge in [0.2, 0.25) is 0 Å². The topological polar surface area (TPSA) is 65.1 Å². The standard InChI is InChI=1S/C15H21NO5/c1-5-8-16(10-14(17)21-4)15(18)12-9-11(19-2)6-7-13(12)20-3/h6-7,9H,5,8,10H2,1-4H3. The van der Waals surface area contributed by atoms with Crippen molar-refractivity contribution in [1.82, 2.24) is 4.90 Å². The third kappa shape index (κ3) is 4.37. The number of nitrogens with zero attached hydrogens (tertiary/aromatic N) is 1. The number of methoxy groups -OCH3 is 3. The summed E-state index contributed by atoms with van der Waals surface area (Å²) in [5.74, 6) is 0.233. The van der Waals surface area contributed by atoms with Crippen LogP contribution in [0.3, 0.4) is 0 Å². The second-order valence-electron chi connectivity index (χ2n) is 4.37. The molecule has 0 saturated carbocycles. The molecule has 6 nitrogen and oxygen atoms in total. The molecule has 21 heavy (non-hydrogen) atoms. The van der Waals surface area contributed by atoms with E-state index < -0.39 is 5.97 Å². The Labute approximate surface area is 124 Å². The van der Waals surface area contributed by atoms with E-state index >= 15 is 0 Å². The van der Waals surface area contributed by atoms with Gasteiger partial charge in [0, 0.05) is 6.54 Å². The zero-order valence-corrected chi connectivity index (χ0v) is 12.8. The molecule has 0 bridgehead atoms. The molecule has 0 aliphatic heterocycles. The van der Waals surface area contributed by atoms with Crippen LogP contribution in [-0.2, 0) is 9.53 Å². The fourth-order valence-corrected chi connectivity index (χ4v) is 1.89. The fourth-order valence-electron chi connectivity index (χ4n) is 1.89. The molecule has 0 spiro atoms. The molecule has 0 N–H and O–H groups in total. The first-order chi connectivity index (χ1) is 10.1. The third-order valence-electron chi connectivity index (χ3n) is 2.97. The van der Waals surface area contributed by atoms with Gasteiger partial charge < -0.3 is 19.1 Å². The van der Waals surface area contributed by atoms with E-state index in [1.54, 1.807) is 18.2 Å². The summed E-state index contributed by atoms with van der Waals surface area (Å²) in [6.45, 7) is 2.29.